The molecule has 0 N–H and O–H groups in total. The molecule has 5 nitrogen and oxygen atoms in total. The molecule has 0 saturated carbocycles. The van der Waals surface area contributed by atoms with Crippen molar-refractivity contribution in [1.29, 1.82) is 0 Å². The van der Waals surface area contributed by atoms with Crippen LogP contribution in [0.2, 0.25) is 5.02 Å². The first-order valence-corrected chi connectivity index (χ1v) is 8.12. The van der Waals surface area contributed by atoms with Gasteiger partial charge in [0.1, 0.15) is 19.5 Å². The van der Waals surface area contributed by atoms with E-state index in [-0.39, 0.29) is 5.76 Å². The summed E-state index contributed by atoms with van der Waals surface area (Å²) in [6, 6.07) is 3.80. The normalized spacial score (nSPS) is 15.4. The lowest BCUT2D eigenvalue weighted by atomic mass is 10.2. The second-order valence-electron chi connectivity index (χ2n) is 4.82. The Hall–Kier alpha value is -1.79. The van der Waals surface area contributed by atoms with E-state index in [2.05, 4.69) is 4.99 Å². The molecule has 0 aliphatic carbocycles. The molecule has 7 heteroatoms. The lowest BCUT2D eigenvalue weighted by Gasteiger charge is -2.12. The van der Waals surface area contributed by atoms with Crippen molar-refractivity contribution in [2.45, 2.75) is 20.4 Å². The third kappa shape index (κ3) is 2.76. The fourth-order valence-electron chi connectivity index (χ4n) is 2.38. The average Bonchev–Trinajstić information content (AvgIpc) is 2.85. The van der Waals surface area contributed by atoms with Gasteiger partial charge in [0.25, 0.3) is 0 Å². The van der Waals surface area contributed by atoms with Crippen LogP contribution < -0.4 is 4.80 Å². The minimum Gasteiger partial charge on any atom is -0.494 e. The van der Waals surface area contributed by atoms with Crippen molar-refractivity contribution in [1.82, 2.24) is 4.57 Å². The van der Waals surface area contributed by atoms with E-state index in [1.54, 1.807) is 0 Å². The molecule has 1 aromatic carbocycles. The SMILES string of the molecule is CCn1c(=NC(=O)C2=COCCO2)sc2cc(Cl)cc(C)c21. The zero-order valence-corrected chi connectivity index (χ0v) is 13.8. The van der Waals surface area contributed by atoms with Gasteiger partial charge in [-0.25, -0.2) is 0 Å². The minimum absolute atomic E-state index is 0.140. The number of benzene rings is 1. The van der Waals surface area contributed by atoms with Gasteiger partial charge < -0.3 is 14.0 Å². The Kier molecular flexibility index (Phi) is 4.22. The Morgan fingerprint density at radius 1 is 1.45 bits per heavy atom. The number of hydrogen-bond donors (Lipinski definition) is 0. The lowest BCUT2D eigenvalue weighted by Crippen LogP contribution is -2.19. The highest BCUT2D eigenvalue weighted by Crippen LogP contribution is 2.25. The summed E-state index contributed by atoms with van der Waals surface area (Å²) in [6.45, 7) is 5.54. The van der Waals surface area contributed by atoms with E-state index >= 15 is 0 Å². The molecule has 0 atom stereocenters. The zero-order valence-electron chi connectivity index (χ0n) is 12.3. The fraction of sp³-hybridized carbons (Fsp3) is 0.333. The van der Waals surface area contributed by atoms with E-state index in [1.165, 1.54) is 17.6 Å². The molecule has 0 spiro atoms. The predicted molar refractivity (Wildman–Crippen MR) is 85.8 cm³/mol. The molecule has 116 valence electrons. The Morgan fingerprint density at radius 2 is 2.27 bits per heavy atom. The first-order valence-electron chi connectivity index (χ1n) is 6.93. The van der Waals surface area contributed by atoms with Crippen LogP contribution in [0.5, 0.6) is 0 Å². The molecule has 1 amide bonds. The molecule has 22 heavy (non-hydrogen) atoms. The number of aryl methyl sites for hydroxylation is 2. The summed E-state index contributed by atoms with van der Waals surface area (Å²) >= 11 is 7.55. The highest BCUT2D eigenvalue weighted by molar-refractivity contribution is 7.16. The number of amides is 1. The number of aromatic nitrogens is 1. The van der Waals surface area contributed by atoms with Crippen LogP contribution in [0.3, 0.4) is 0 Å². The maximum atomic E-state index is 12.2. The summed E-state index contributed by atoms with van der Waals surface area (Å²) < 4.78 is 13.4. The highest BCUT2D eigenvalue weighted by atomic mass is 35.5. The number of hydrogen-bond acceptors (Lipinski definition) is 4. The Labute approximate surface area is 136 Å². The number of ether oxygens (including phenoxy) is 2. The van der Waals surface area contributed by atoms with Gasteiger partial charge in [0.15, 0.2) is 4.80 Å². The maximum absolute atomic E-state index is 12.2. The van der Waals surface area contributed by atoms with Crippen molar-refractivity contribution < 1.29 is 14.3 Å². The standard InChI is InChI=1S/C15H15ClN2O3S/c1-3-18-13-9(2)6-10(16)7-12(13)22-15(18)17-14(19)11-8-20-4-5-21-11/h6-8H,3-5H2,1-2H3. The van der Waals surface area contributed by atoms with E-state index in [4.69, 9.17) is 21.1 Å². The fourth-order valence-corrected chi connectivity index (χ4v) is 3.92. The molecule has 0 bridgehead atoms. The summed E-state index contributed by atoms with van der Waals surface area (Å²) in [4.78, 5) is 17.0. The van der Waals surface area contributed by atoms with Crippen molar-refractivity contribution >= 4 is 39.1 Å². The molecule has 0 unspecified atom stereocenters. The Bertz CT molecular complexity index is 835. The summed E-state index contributed by atoms with van der Waals surface area (Å²) in [5.41, 5.74) is 2.12. The van der Waals surface area contributed by atoms with Crippen molar-refractivity contribution in [3.05, 3.63) is 39.5 Å². The number of rotatable bonds is 2. The molecule has 0 fully saturated rings. The molecule has 3 rings (SSSR count). The van der Waals surface area contributed by atoms with Gasteiger partial charge in [0.05, 0.1) is 10.2 Å². The van der Waals surface area contributed by atoms with Gasteiger partial charge in [0.2, 0.25) is 5.76 Å². The van der Waals surface area contributed by atoms with Gasteiger partial charge in [-0.2, -0.15) is 4.99 Å². The van der Waals surface area contributed by atoms with Crippen molar-refractivity contribution in [2.24, 2.45) is 4.99 Å². The van der Waals surface area contributed by atoms with Gasteiger partial charge in [-0.1, -0.05) is 22.9 Å². The Morgan fingerprint density at radius 3 is 2.95 bits per heavy atom. The van der Waals surface area contributed by atoms with Crippen LogP contribution in [0, 0.1) is 6.92 Å². The predicted octanol–water partition coefficient (Wildman–Crippen LogP) is 3.00. The molecular formula is C15H15ClN2O3S. The number of nitrogens with zero attached hydrogens (tertiary/aromatic N) is 2. The average molecular weight is 339 g/mol. The topological polar surface area (TPSA) is 52.8 Å². The lowest BCUT2D eigenvalue weighted by molar-refractivity contribution is -0.119. The maximum Gasteiger partial charge on any atom is 0.317 e. The molecule has 0 radical (unpaired) electrons. The largest absolute Gasteiger partial charge is 0.494 e. The van der Waals surface area contributed by atoms with Crippen molar-refractivity contribution in [2.75, 3.05) is 13.2 Å². The third-order valence-corrected chi connectivity index (χ3v) is 4.55. The number of halogens is 1. The quantitative estimate of drug-likeness (QED) is 0.845. The summed E-state index contributed by atoms with van der Waals surface area (Å²) in [6.07, 6.45) is 1.32. The monoisotopic (exact) mass is 338 g/mol. The van der Waals surface area contributed by atoms with Crippen molar-refractivity contribution in [3.63, 3.8) is 0 Å². The minimum atomic E-state index is -0.433. The number of carbonyl (C=O) groups excluding carboxylic acids is 1. The van der Waals surface area contributed by atoms with Gasteiger partial charge in [0, 0.05) is 11.6 Å². The molecule has 1 aliphatic rings. The second-order valence-corrected chi connectivity index (χ2v) is 6.26. The number of carbonyl (C=O) groups is 1. The summed E-state index contributed by atoms with van der Waals surface area (Å²) in [5.74, 6) is -0.293. The number of thiazole rings is 1. The van der Waals surface area contributed by atoms with E-state index < -0.39 is 5.91 Å². The summed E-state index contributed by atoms with van der Waals surface area (Å²) in [5, 5.41) is 0.680. The first kappa shape index (κ1) is 15.1. The van der Waals surface area contributed by atoms with E-state index in [1.807, 2.05) is 30.5 Å². The second kappa shape index (κ2) is 6.14. The molecule has 1 aromatic heterocycles. The van der Waals surface area contributed by atoms with Crippen LogP contribution in [0.25, 0.3) is 10.2 Å². The van der Waals surface area contributed by atoms with Gasteiger partial charge in [-0.3, -0.25) is 4.79 Å². The molecule has 1 aliphatic heterocycles. The van der Waals surface area contributed by atoms with E-state index in [9.17, 15) is 4.79 Å². The molecular weight excluding hydrogens is 324 g/mol. The smallest absolute Gasteiger partial charge is 0.317 e. The molecule has 2 heterocycles. The highest BCUT2D eigenvalue weighted by Gasteiger charge is 2.16. The zero-order chi connectivity index (χ0) is 15.7. The first-order chi connectivity index (χ1) is 10.6. The van der Waals surface area contributed by atoms with Crippen LogP contribution in [0.4, 0.5) is 0 Å². The van der Waals surface area contributed by atoms with Crippen LogP contribution >= 0.6 is 22.9 Å². The van der Waals surface area contributed by atoms with Crippen LogP contribution in [-0.2, 0) is 20.8 Å². The Balaban J connectivity index is 2.14. The van der Waals surface area contributed by atoms with Gasteiger partial charge in [-0.05, 0) is 31.5 Å². The number of fused-ring (bicyclic) bond motifs is 1. The molecule has 0 saturated heterocycles. The van der Waals surface area contributed by atoms with E-state index in [0.717, 1.165) is 15.8 Å². The third-order valence-electron chi connectivity index (χ3n) is 3.31. The van der Waals surface area contributed by atoms with Crippen molar-refractivity contribution in [3.8, 4) is 0 Å². The van der Waals surface area contributed by atoms with Gasteiger partial charge in [-0.15, -0.1) is 0 Å². The molecule has 2 aromatic rings. The van der Waals surface area contributed by atoms with Crippen LogP contribution in [0.1, 0.15) is 12.5 Å². The summed E-state index contributed by atoms with van der Waals surface area (Å²) in [7, 11) is 0. The van der Waals surface area contributed by atoms with E-state index in [0.29, 0.717) is 29.6 Å². The van der Waals surface area contributed by atoms with Crippen LogP contribution in [0.15, 0.2) is 29.1 Å². The van der Waals surface area contributed by atoms with Gasteiger partial charge >= 0.3 is 5.91 Å². The van der Waals surface area contributed by atoms with Crippen LogP contribution in [-0.4, -0.2) is 23.7 Å².